The van der Waals surface area contributed by atoms with Crippen LogP contribution in [0.2, 0.25) is 0 Å². The Morgan fingerprint density at radius 3 is 2.13 bits per heavy atom. The SMILES string of the molecule is CN(C)C(=O)N1CCC(C(=O)N2CCN(S(=O)(=O)c3ccccc3[N+](=O)[O-])CC2)CC1. The maximum atomic E-state index is 12.9. The Kier molecular flexibility index (Phi) is 6.80. The van der Waals surface area contributed by atoms with Crippen molar-refractivity contribution in [3.63, 3.8) is 0 Å². The monoisotopic (exact) mass is 453 g/mol. The van der Waals surface area contributed by atoms with Gasteiger partial charge in [-0.15, -0.1) is 0 Å². The van der Waals surface area contributed by atoms with Crippen LogP contribution < -0.4 is 0 Å². The van der Waals surface area contributed by atoms with Crippen LogP contribution in [0.1, 0.15) is 12.8 Å². The Labute approximate surface area is 181 Å². The first-order valence-electron chi connectivity index (χ1n) is 10.1. The molecule has 3 rings (SSSR count). The second kappa shape index (κ2) is 9.18. The molecule has 0 radical (unpaired) electrons. The second-order valence-corrected chi connectivity index (χ2v) is 9.80. The van der Waals surface area contributed by atoms with Crippen molar-refractivity contribution in [3.05, 3.63) is 34.4 Å². The number of hydrogen-bond acceptors (Lipinski definition) is 6. The maximum Gasteiger partial charge on any atom is 0.319 e. The van der Waals surface area contributed by atoms with Gasteiger partial charge in [0.25, 0.3) is 5.69 Å². The maximum absolute atomic E-state index is 12.9. The van der Waals surface area contributed by atoms with E-state index in [1.54, 1.807) is 23.9 Å². The van der Waals surface area contributed by atoms with Crippen molar-refractivity contribution in [3.8, 4) is 0 Å². The fraction of sp³-hybridized carbons (Fsp3) is 0.579. The van der Waals surface area contributed by atoms with E-state index in [1.807, 2.05) is 0 Å². The van der Waals surface area contributed by atoms with Gasteiger partial charge in [-0.3, -0.25) is 14.9 Å². The molecule has 2 heterocycles. The number of likely N-dealkylation sites (tertiary alicyclic amines) is 1. The number of urea groups is 1. The number of piperazine rings is 1. The van der Waals surface area contributed by atoms with Crippen LogP contribution in [0.3, 0.4) is 0 Å². The van der Waals surface area contributed by atoms with Crippen LogP contribution >= 0.6 is 0 Å². The van der Waals surface area contributed by atoms with Crippen molar-refractivity contribution in [2.75, 3.05) is 53.4 Å². The number of nitrogens with zero attached hydrogens (tertiary/aromatic N) is 5. The predicted octanol–water partition coefficient (Wildman–Crippen LogP) is 0.821. The number of nitro benzene ring substituents is 1. The summed E-state index contributed by atoms with van der Waals surface area (Å²) in [6, 6.07) is 5.20. The Morgan fingerprint density at radius 2 is 1.58 bits per heavy atom. The molecular weight excluding hydrogens is 426 g/mol. The summed E-state index contributed by atoms with van der Waals surface area (Å²) in [5.74, 6) is -0.218. The number of carbonyl (C=O) groups excluding carboxylic acids is 2. The lowest BCUT2D eigenvalue weighted by molar-refractivity contribution is -0.387. The summed E-state index contributed by atoms with van der Waals surface area (Å²) in [6.07, 6.45) is 1.15. The number of sulfonamides is 1. The standard InChI is InChI=1S/C19H27N5O6S/c1-20(2)19(26)22-9-7-15(8-10-22)18(25)21-11-13-23(14-12-21)31(29,30)17-6-4-3-5-16(17)24(27)28/h3-6,15H,7-14H2,1-2H3. The highest BCUT2D eigenvalue weighted by Gasteiger charge is 2.36. The summed E-state index contributed by atoms with van der Waals surface area (Å²) in [5, 5.41) is 11.2. The van der Waals surface area contributed by atoms with E-state index < -0.39 is 20.6 Å². The van der Waals surface area contributed by atoms with Crippen LogP contribution in [-0.2, 0) is 14.8 Å². The van der Waals surface area contributed by atoms with Crippen molar-refractivity contribution in [1.29, 1.82) is 0 Å². The van der Waals surface area contributed by atoms with E-state index in [1.165, 1.54) is 33.5 Å². The minimum Gasteiger partial charge on any atom is -0.340 e. The molecule has 2 aliphatic heterocycles. The molecule has 3 amide bonds. The predicted molar refractivity (Wildman–Crippen MR) is 112 cm³/mol. The molecule has 2 aliphatic rings. The van der Waals surface area contributed by atoms with E-state index in [0.717, 1.165) is 0 Å². The number of benzene rings is 1. The van der Waals surface area contributed by atoms with Crippen molar-refractivity contribution in [2.45, 2.75) is 17.7 Å². The van der Waals surface area contributed by atoms with E-state index in [4.69, 9.17) is 0 Å². The summed E-state index contributed by atoms with van der Waals surface area (Å²) in [5.41, 5.74) is -0.458. The van der Waals surface area contributed by atoms with E-state index >= 15 is 0 Å². The molecule has 0 spiro atoms. The molecule has 1 aromatic rings. The largest absolute Gasteiger partial charge is 0.340 e. The Balaban J connectivity index is 1.59. The topological polar surface area (TPSA) is 124 Å². The molecule has 0 bridgehead atoms. The molecule has 12 heteroatoms. The van der Waals surface area contributed by atoms with Crippen LogP contribution in [-0.4, -0.2) is 97.6 Å². The van der Waals surface area contributed by atoms with Crippen LogP contribution in [0.5, 0.6) is 0 Å². The zero-order chi connectivity index (χ0) is 22.8. The van der Waals surface area contributed by atoms with Gasteiger partial charge in [-0.05, 0) is 18.9 Å². The van der Waals surface area contributed by atoms with Crippen LogP contribution in [0, 0.1) is 16.0 Å². The van der Waals surface area contributed by atoms with Gasteiger partial charge in [0.2, 0.25) is 15.9 Å². The van der Waals surface area contributed by atoms with Crippen molar-refractivity contribution < 1.29 is 22.9 Å². The summed E-state index contributed by atoms with van der Waals surface area (Å²) in [7, 11) is -0.649. The molecule has 0 aliphatic carbocycles. The summed E-state index contributed by atoms with van der Waals surface area (Å²) < 4.78 is 27.0. The minimum atomic E-state index is -4.03. The zero-order valence-electron chi connectivity index (χ0n) is 17.6. The molecule has 0 aromatic heterocycles. The van der Waals surface area contributed by atoms with Gasteiger partial charge in [-0.2, -0.15) is 4.31 Å². The van der Waals surface area contributed by atoms with Crippen LogP contribution in [0.25, 0.3) is 0 Å². The van der Waals surface area contributed by atoms with Gasteiger partial charge in [-0.1, -0.05) is 12.1 Å². The van der Waals surface area contributed by atoms with Crippen LogP contribution in [0.15, 0.2) is 29.2 Å². The lowest BCUT2D eigenvalue weighted by Crippen LogP contribution is -2.53. The van der Waals surface area contributed by atoms with Gasteiger partial charge in [0.05, 0.1) is 4.92 Å². The van der Waals surface area contributed by atoms with Gasteiger partial charge >= 0.3 is 6.03 Å². The fourth-order valence-corrected chi connectivity index (χ4v) is 5.55. The molecule has 0 unspecified atom stereocenters. The first-order valence-corrected chi connectivity index (χ1v) is 11.6. The number of para-hydroxylation sites is 1. The average Bonchev–Trinajstić information content (AvgIpc) is 2.78. The lowest BCUT2D eigenvalue weighted by atomic mass is 9.95. The molecule has 170 valence electrons. The Morgan fingerprint density at radius 1 is 1.00 bits per heavy atom. The third-order valence-electron chi connectivity index (χ3n) is 5.73. The van der Waals surface area contributed by atoms with Crippen molar-refractivity contribution in [2.24, 2.45) is 5.92 Å². The fourth-order valence-electron chi connectivity index (χ4n) is 3.97. The molecule has 1 aromatic carbocycles. The first kappa shape index (κ1) is 22.9. The molecular formula is C19H27N5O6S. The normalized spacial score (nSPS) is 18.6. The second-order valence-electron chi connectivity index (χ2n) is 7.89. The molecule has 2 fully saturated rings. The smallest absolute Gasteiger partial charge is 0.319 e. The van der Waals surface area contributed by atoms with Crippen molar-refractivity contribution in [1.82, 2.24) is 19.0 Å². The Bertz CT molecular complexity index is 950. The molecule has 0 N–H and O–H groups in total. The Hall–Kier alpha value is -2.73. The van der Waals surface area contributed by atoms with Gasteiger partial charge in [0.1, 0.15) is 0 Å². The molecule has 2 saturated heterocycles. The molecule has 11 nitrogen and oxygen atoms in total. The number of carbonyl (C=O) groups is 2. The number of nitro groups is 1. The van der Waals surface area contributed by atoms with Gasteiger partial charge < -0.3 is 14.7 Å². The highest BCUT2D eigenvalue weighted by molar-refractivity contribution is 7.89. The quantitative estimate of drug-likeness (QED) is 0.491. The summed E-state index contributed by atoms with van der Waals surface area (Å²) >= 11 is 0. The van der Waals surface area contributed by atoms with Crippen molar-refractivity contribution >= 4 is 27.6 Å². The van der Waals surface area contributed by atoms with E-state index in [0.29, 0.717) is 25.9 Å². The molecule has 0 atom stereocenters. The number of hydrogen-bond donors (Lipinski definition) is 0. The van der Waals surface area contributed by atoms with E-state index in [-0.39, 0.29) is 48.9 Å². The van der Waals surface area contributed by atoms with Gasteiger partial charge in [0.15, 0.2) is 4.90 Å². The molecule has 31 heavy (non-hydrogen) atoms. The first-order chi connectivity index (χ1) is 14.6. The van der Waals surface area contributed by atoms with Gasteiger partial charge in [-0.25, -0.2) is 13.2 Å². The third-order valence-corrected chi connectivity index (χ3v) is 7.67. The number of rotatable bonds is 4. The third kappa shape index (κ3) is 4.79. The summed E-state index contributed by atoms with van der Waals surface area (Å²) in [4.78, 5) is 40.0. The van der Waals surface area contributed by atoms with E-state index in [2.05, 4.69) is 0 Å². The zero-order valence-corrected chi connectivity index (χ0v) is 18.5. The highest BCUT2D eigenvalue weighted by atomic mass is 32.2. The van der Waals surface area contributed by atoms with Gasteiger partial charge in [0, 0.05) is 65.3 Å². The average molecular weight is 454 g/mol. The van der Waals surface area contributed by atoms with E-state index in [9.17, 15) is 28.1 Å². The number of piperidine rings is 1. The van der Waals surface area contributed by atoms with Crippen LogP contribution in [0.4, 0.5) is 10.5 Å². The molecule has 0 saturated carbocycles. The highest BCUT2D eigenvalue weighted by Crippen LogP contribution is 2.27. The minimum absolute atomic E-state index is 0.0281. The summed E-state index contributed by atoms with van der Waals surface area (Å²) in [6.45, 7) is 1.65. The lowest BCUT2D eigenvalue weighted by Gasteiger charge is -2.38. The number of amides is 3.